The first-order valence-corrected chi connectivity index (χ1v) is 7.61. The van der Waals surface area contributed by atoms with Crippen LogP contribution in [0.25, 0.3) is 0 Å². The van der Waals surface area contributed by atoms with E-state index in [0.29, 0.717) is 23.8 Å². The summed E-state index contributed by atoms with van der Waals surface area (Å²) in [6.45, 7) is 4.76. The first kappa shape index (κ1) is 13.6. The van der Waals surface area contributed by atoms with Crippen LogP contribution in [0, 0.1) is 11.3 Å². The number of amides is 1. The Labute approximate surface area is 121 Å². The average Bonchev–Trinajstić information content (AvgIpc) is 2.92. The number of hydrogen-bond donors (Lipinski definition) is 2. The van der Waals surface area contributed by atoms with Crippen LogP contribution >= 0.6 is 0 Å². The molecule has 1 heterocycles. The first-order valence-electron chi connectivity index (χ1n) is 7.61. The highest BCUT2D eigenvalue weighted by Gasteiger charge is 2.39. The lowest BCUT2D eigenvalue weighted by molar-refractivity contribution is -0.115. The molecule has 1 amide bonds. The third kappa shape index (κ3) is 2.24. The Morgan fingerprint density at radius 3 is 2.85 bits per heavy atom. The van der Waals surface area contributed by atoms with Crippen molar-refractivity contribution < 1.29 is 4.79 Å². The van der Waals surface area contributed by atoms with Crippen molar-refractivity contribution >= 4 is 11.6 Å². The predicted molar refractivity (Wildman–Crippen MR) is 81.7 cm³/mol. The summed E-state index contributed by atoms with van der Waals surface area (Å²) < 4.78 is 0. The first-order chi connectivity index (χ1) is 9.51. The van der Waals surface area contributed by atoms with E-state index in [4.69, 9.17) is 0 Å². The number of rotatable bonds is 3. The third-order valence-electron chi connectivity index (χ3n) is 5.17. The highest BCUT2D eigenvalue weighted by Crippen LogP contribution is 2.48. The molecule has 1 fully saturated rings. The highest BCUT2D eigenvalue weighted by molar-refractivity contribution is 5.99. The van der Waals surface area contributed by atoms with Gasteiger partial charge in [0.05, 0.1) is 6.42 Å². The van der Waals surface area contributed by atoms with Crippen LogP contribution in [0.5, 0.6) is 0 Å². The number of hydrogen-bond acceptors (Lipinski definition) is 2. The van der Waals surface area contributed by atoms with E-state index in [0.717, 1.165) is 11.3 Å². The van der Waals surface area contributed by atoms with Gasteiger partial charge in [0.2, 0.25) is 5.91 Å². The van der Waals surface area contributed by atoms with Crippen LogP contribution in [0.3, 0.4) is 0 Å². The van der Waals surface area contributed by atoms with Gasteiger partial charge in [-0.05, 0) is 48.4 Å². The second kappa shape index (κ2) is 4.88. The molecule has 0 spiro atoms. The Bertz CT molecular complexity index is 536. The Hall–Kier alpha value is -1.35. The molecule has 3 rings (SSSR count). The molecule has 3 nitrogen and oxygen atoms in total. The fraction of sp³-hybridized carbons (Fsp3) is 0.588. The van der Waals surface area contributed by atoms with Crippen molar-refractivity contribution in [3.63, 3.8) is 0 Å². The van der Waals surface area contributed by atoms with E-state index >= 15 is 0 Å². The van der Waals surface area contributed by atoms with Crippen LogP contribution in [0.4, 0.5) is 5.69 Å². The lowest BCUT2D eigenvalue weighted by Gasteiger charge is -2.34. The summed E-state index contributed by atoms with van der Waals surface area (Å²) in [6.07, 6.45) is 4.43. The number of nitrogens with one attached hydrogen (secondary N) is 2. The molecule has 2 aliphatic rings. The summed E-state index contributed by atoms with van der Waals surface area (Å²) >= 11 is 0. The Morgan fingerprint density at radius 1 is 1.40 bits per heavy atom. The zero-order valence-electron chi connectivity index (χ0n) is 12.6. The topological polar surface area (TPSA) is 41.1 Å². The molecule has 1 aromatic rings. The molecule has 1 aromatic carbocycles. The van der Waals surface area contributed by atoms with Crippen molar-refractivity contribution in [3.05, 3.63) is 29.3 Å². The molecule has 1 saturated carbocycles. The SMILES string of the molecule is CNC(c1ccc2c(c1)CC(=O)N2)C1CCCC1(C)C. The van der Waals surface area contributed by atoms with E-state index in [9.17, 15) is 4.79 Å². The summed E-state index contributed by atoms with van der Waals surface area (Å²) in [5.74, 6) is 0.773. The quantitative estimate of drug-likeness (QED) is 0.886. The van der Waals surface area contributed by atoms with Gasteiger partial charge in [0, 0.05) is 11.7 Å². The van der Waals surface area contributed by atoms with Gasteiger partial charge in [-0.1, -0.05) is 32.4 Å². The van der Waals surface area contributed by atoms with Crippen molar-refractivity contribution in [2.24, 2.45) is 11.3 Å². The number of carbonyl (C=O) groups is 1. The molecule has 1 aliphatic carbocycles. The van der Waals surface area contributed by atoms with Crippen LogP contribution < -0.4 is 10.6 Å². The number of fused-ring (bicyclic) bond motifs is 1. The fourth-order valence-electron chi connectivity index (χ4n) is 4.01. The predicted octanol–water partition coefficient (Wildman–Crippen LogP) is 3.27. The second-order valence-corrected chi connectivity index (χ2v) is 6.90. The maximum atomic E-state index is 11.5. The van der Waals surface area contributed by atoms with E-state index < -0.39 is 0 Å². The lowest BCUT2D eigenvalue weighted by Crippen LogP contribution is -2.32. The van der Waals surface area contributed by atoms with Gasteiger partial charge in [0.25, 0.3) is 0 Å². The summed E-state index contributed by atoms with van der Waals surface area (Å²) in [7, 11) is 2.05. The zero-order valence-corrected chi connectivity index (χ0v) is 12.6. The van der Waals surface area contributed by atoms with Gasteiger partial charge in [-0.25, -0.2) is 0 Å². The van der Waals surface area contributed by atoms with E-state index in [-0.39, 0.29) is 5.91 Å². The molecule has 0 aromatic heterocycles. The summed E-state index contributed by atoms with van der Waals surface area (Å²) in [5.41, 5.74) is 3.84. The molecule has 20 heavy (non-hydrogen) atoms. The summed E-state index contributed by atoms with van der Waals surface area (Å²) in [5, 5.41) is 6.42. The van der Waals surface area contributed by atoms with Gasteiger partial charge in [0.1, 0.15) is 0 Å². The molecule has 2 N–H and O–H groups in total. The molecule has 1 aliphatic heterocycles. The van der Waals surface area contributed by atoms with Crippen molar-refractivity contribution in [2.75, 3.05) is 12.4 Å². The van der Waals surface area contributed by atoms with Gasteiger partial charge in [-0.2, -0.15) is 0 Å². The van der Waals surface area contributed by atoms with Crippen LogP contribution in [0.2, 0.25) is 0 Å². The molecular weight excluding hydrogens is 248 g/mol. The van der Waals surface area contributed by atoms with Crippen molar-refractivity contribution in [1.29, 1.82) is 0 Å². The minimum atomic E-state index is 0.111. The number of benzene rings is 1. The molecule has 3 heteroatoms. The maximum Gasteiger partial charge on any atom is 0.228 e. The Balaban J connectivity index is 1.91. The smallest absolute Gasteiger partial charge is 0.228 e. The number of carbonyl (C=O) groups excluding carboxylic acids is 1. The second-order valence-electron chi connectivity index (χ2n) is 6.90. The Kier molecular flexibility index (Phi) is 3.33. The molecule has 0 saturated heterocycles. The minimum absolute atomic E-state index is 0.111. The standard InChI is InChI=1S/C17H24N2O/c1-17(2)8-4-5-13(17)16(18-3)11-6-7-14-12(9-11)10-15(20)19-14/h6-7,9,13,16,18H,4-5,8,10H2,1-3H3,(H,19,20). The van der Waals surface area contributed by atoms with Gasteiger partial charge in [0.15, 0.2) is 0 Å². The van der Waals surface area contributed by atoms with Gasteiger partial charge >= 0.3 is 0 Å². The molecular formula is C17H24N2O. The van der Waals surface area contributed by atoms with Crippen LogP contribution in [-0.4, -0.2) is 13.0 Å². The molecule has 2 atom stereocenters. The van der Waals surface area contributed by atoms with Crippen LogP contribution in [0.1, 0.15) is 50.3 Å². The zero-order chi connectivity index (χ0) is 14.3. The van der Waals surface area contributed by atoms with Crippen molar-refractivity contribution in [3.8, 4) is 0 Å². The number of anilines is 1. The lowest BCUT2D eigenvalue weighted by atomic mass is 9.75. The van der Waals surface area contributed by atoms with Crippen molar-refractivity contribution in [1.82, 2.24) is 5.32 Å². The highest BCUT2D eigenvalue weighted by atomic mass is 16.1. The summed E-state index contributed by atoms with van der Waals surface area (Å²) in [4.78, 5) is 11.5. The molecule has 0 radical (unpaired) electrons. The van der Waals surface area contributed by atoms with E-state index in [1.807, 2.05) is 0 Å². The largest absolute Gasteiger partial charge is 0.326 e. The molecule has 2 unspecified atom stereocenters. The normalized spacial score (nSPS) is 25.4. The third-order valence-corrected chi connectivity index (χ3v) is 5.17. The monoisotopic (exact) mass is 272 g/mol. The Morgan fingerprint density at radius 2 is 2.20 bits per heavy atom. The maximum absolute atomic E-state index is 11.5. The van der Waals surface area contributed by atoms with Gasteiger partial charge in [-0.15, -0.1) is 0 Å². The van der Waals surface area contributed by atoms with E-state index in [1.165, 1.54) is 24.8 Å². The van der Waals surface area contributed by atoms with E-state index in [1.54, 1.807) is 0 Å². The van der Waals surface area contributed by atoms with Crippen LogP contribution in [-0.2, 0) is 11.2 Å². The molecule has 0 bridgehead atoms. The van der Waals surface area contributed by atoms with Crippen LogP contribution in [0.15, 0.2) is 18.2 Å². The molecule has 108 valence electrons. The minimum Gasteiger partial charge on any atom is -0.326 e. The fourth-order valence-corrected chi connectivity index (χ4v) is 4.01. The summed E-state index contributed by atoms with van der Waals surface area (Å²) in [6, 6.07) is 6.82. The van der Waals surface area contributed by atoms with Crippen molar-refractivity contribution in [2.45, 2.75) is 45.6 Å². The van der Waals surface area contributed by atoms with Gasteiger partial charge < -0.3 is 10.6 Å². The average molecular weight is 272 g/mol. The van der Waals surface area contributed by atoms with Gasteiger partial charge in [-0.3, -0.25) is 4.79 Å². The van der Waals surface area contributed by atoms with E-state index in [2.05, 4.69) is 49.7 Å².